The Bertz CT molecular complexity index is 679. The van der Waals surface area contributed by atoms with Gasteiger partial charge in [-0.15, -0.1) is 10.2 Å². The molecular weight excluding hydrogens is 278 g/mol. The molecule has 20 heavy (non-hydrogen) atoms. The predicted octanol–water partition coefficient (Wildman–Crippen LogP) is 3.27. The second-order valence-corrected chi connectivity index (χ2v) is 4.63. The Balaban J connectivity index is 1.62. The van der Waals surface area contributed by atoms with Crippen LogP contribution >= 0.6 is 11.6 Å². The standard InChI is InChI=1S/C14H12ClN3O2/c15-11-4-1-3-10(7-11)14-18-17-13(20-14)9-16-8-12-5-2-6-19-12/h1-7,16H,8-9H2. The van der Waals surface area contributed by atoms with Crippen molar-refractivity contribution in [3.63, 3.8) is 0 Å². The van der Waals surface area contributed by atoms with Gasteiger partial charge in [-0.3, -0.25) is 0 Å². The number of halogens is 1. The van der Waals surface area contributed by atoms with Gasteiger partial charge in [-0.1, -0.05) is 17.7 Å². The van der Waals surface area contributed by atoms with Gasteiger partial charge in [-0.05, 0) is 30.3 Å². The van der Waals surface area contributed by atoms with Crippen molar-refractivity contribution in [2.45, 2.75) is 13.1 Å². The van der Waals surface area contributed by atoms with Gasteiger partial charge >= 0.3 is 0 Å². The van der Waals surface area contributed by atoms with Crippen LogP contribution in [0.1, 0.15) is 11.7 Å². The van der Waals surface area contributed by atoms with Crippen molar-refractivity contribution in [2.75, 3.05) is 0 Å². The number of hydrogen-bond donors (Lipinski definition) is 1. The number of rotatable bonds is 5. The molecule has 0 saturated carbocycles. The molecule has 0 spiro atoms. The number of benzene rings is 1. The summed E-state index contributed by atoms with van der Waals surface area (Å²) in [4.78, 5) is 0. The molecule has 2 aromatic heterocycles. The van der Waals surface area contributed by atoms with Crippen LogP contribution < -0.4 is 5.32 Å². The third kappa shape index (κ3) is 3.07. The molecule has 1 aromatic carbocycles. The number of nitrogens with one attached hydrogen (secondary N) is 1. The van der Waals surface area contributed by atoms with Crippen LogP contribution in [0.3, 0.4) is 0 Å². The number of aromatic nitrogens is 2. The van der Waals surface area contributed by atoms with Crippen LogP contribution in [-0.2, 0) is 13.1 Å². The molecule has 0 radical (unpaired) electrons. The predicted molar refractivity (Wildman–Crippen MR) is 74.0 cm³/mol. The largest absolute Gasteiger partial charge is 0.468 e. The molecule has 102 valence electrons. The average Bonchev–Trinajstić information content (AvgIpc) is 3.10. The van der Waals surface area contributed by atoms with E-state index in [0.29, 0.717) is 29.9 Å². The van der Waals surface area contributed by atoms with Crippen LogP contribution in [0.2, 0.25) is 5.02 Å². The number of furan rings is 1. The normalized spacial score (nSPS) is 10.8. The van der Waals surface area contributed by atoms with E-state index in [-0.39, 0.29) is 0 Å². The smallest absolute Gasteiger partial charge is 0.247 e. The lowest BCUT2D eigenvalue weighted by atomic mass is 10.2. The molecule has 0 bridgehead atoms. The third-order valence-electron chi connectivity index (χ3n) is 2.69. The minimum absolute atomic E-state index is 0.460. The maximum atomic E-state index is 5.93. The van der Waals surface area contributed by atoms with Gasteiger partial charge in [0.15, 0.2) is 0 Å². The molecule has 0 saturated heterocycles. The molecule has 6 heteroatoms. The number of hydrogen-bond acceptors (Lipinski definition) is 5. The zero-order valence-electron chi connectivity index (χ0n) is 10.5. The van der Waals surface area contributed by atoms with Crippen LogP contribution in [-0.4, -0.2) is 10.2 Å². The molecular formula is C14H12ClN3O2. The molecule has 0 fully saturated rings. The van der Waals surface area contributed by atoms with Gasteiger partial charge in [0, 0.05) is 10.6 Å². The molecule has 0 amide bonds. The summed E-state index contributed by atoms with van der Waals surface area (Å²) in [5, 5.41) is 11.8. The lowest BCUT2D eigenvalue weighted by Gasteiger charge is -1.98. The van der Waals surface area contributed by atoms with E-state index in [0.717, 1.165) is 11.3 Å². The van der Waals surface area contributed by atoms with Crippen molar-refractivity contribution < 1.29 is 8.83 Å². The third-order valence-corrected chi connectivity index (χ3v) is 2.93. The topological polar surface area (TPSA) is 64.1 Å². The van der Waals surface area contributed by atoms with Crippen LogP contribution in [0.15, 0.2) is 51.5 Å². The van der Waals surface area contributed by atoms with E-state index in [1.165, 1.54) is 0 Å². The molecule has 1 N–H and O–H groups in total. The van der Waals surface area contributed by atoms with Gasteiger partial charge in [-0.25, -0.2) is 0 Å². The summed E-state index contributed by atoms with van der Waals surface area (Å²) in [6, 6.07) is 11.1. The molecule has 0 aliphatic heterocycles. The van der Waals surface area contributed by atoms with E-state index in [4.69, 9.17) is 20.4 Å². The fourth-order valence-corrected chi connectivity index (χ4v) is 1.96. The van der Waals surface area contributed by atoms with Crippen molar-refractivity contribution in [1.82, 2.24) is 15.5 Å². The summed E-state index contributed by atoms with van der Waals surface area (Å²) in [6.07, 6.45) is 1.64. The Morgan fingerprint density at radius 2 is 2.05 bits per heavy atom. The van der Waals surface area contributed by atoms with E-state index in [9.17, 15) is 0 Å². The Morgan fingerprint density at radius 3 is 2.85 bits per heavy atom. The molecule has 0 unspecified atom stereocenters. The first-order valence-electron chi connectivity index (χ1n) is 6.13. The Kier molecular flexibility index (Phi) is 3.80. The SMILES string of the molecule is Clc1cccc(-c2nnc(CNCc3ccco3)o2)c1. The Morgan fingerprint density at radius 1 is 1.10 bits per heavy atom. The molecule has 0 aliphatic rings. The fourth-order valence-electron chi connectivity index (χ4n) is 1.77. The van der Waals surface area contributed by atoms with E-state index in [1.807, 2.05) is 24.3 Å². The Hall–Kier alpha value is -2.11. The number of nitrogens with zero attached hydrogens (tertiary/aromatic N) is 2. The second-order valence-electron chi connectivity index (χ2n) is 4.19. The van der Waals surface area contributed by atoms with Gasteiger partial charge in [0.05, 0.1) is 19.4 Å². The second kappa shape index (κ2) is 5.90. The van der Waals surface area contributed by atoms with E-state index in [1.54, 1.807) is 18.4 Å². The average molecular weight is 290 g/mol. The quantitative estimate of drug-likeness (QED) is 0.781. The van der Waals surface area contributed by atoms with E-state index < -0.39 is 0 Å². The highest BCUT2D eigenvalue weighted by molar-refractivity contribution is 6.30. The summed E-state index contributed by atoms with van der Waals surface area (Å²) >= 11 is 5.93. The first-order valence-corrected chi connectivity index (χ1v) is 6.50. The van der Waals surface area contributed by atoms with Crippen LogP contribution in [0.25, 0.3) is 11.5 Å². The summed E-state index contributed by atoms with van der Waals surface area (Å²) in [5.41, 5.74) is 0.808. The molecule has 2 heterocycles. The molecule has 0 aliphatic carbocycles. The summed E-state index contributed by atoms with van der Waals surface area (Å²) in [7, 11) is 0. The zero-order valence-corrected chi connectivity index (χ0v) is 11.3. The minimum Gasteiger partial charge on any atom is -0.468 e. The summed E-state index contributed by atoms with van der Waals surface area (Å²) in [6.45, 7) is 1.09. The highest BCUT2D eigenvalue weighted by Crippen LogP contribution is 2.21. The molecule has 3 rings (SSSR count). The van der Waals surface area contributed by atoms with Crippen LogP contribution in [0.4, 0.5) is 0 Å². The first-order chi connectivity index (χ1) is 9.81. The van der Waals surface area contributed by atoms with Crippen molar-refractivity contribution in [3.05, 3.63) is 59.3 Å². The van der Waals surface area contributed by atoms with E-state index >= 15 is 0 Å². The van der Waals surface area contributed by atoms with Crippen molar-refractivity contribution in [2.24, 2.45) is 0 Å². The van der Waals surface area contributed by atoms with Crippen molar-refractivity contribution in [1.29, 1.82) is 0 Å². The highest BCUT2D eigenvalue weighted by Gasteiger charge is 2.08. The van der Waals surface area contributed by atoms with E-state index in [2.05, 4.69) is 15.5 Å². The molecule has 5 nitrogen and oxygen atoms in total. The van der Waals surface area contributed by atoms with Crippen LogP contribution in [0, 0.1) is 0 Å². The maximum absolute atomic E-state index is 5.93. The maximum Gasteiger partial charge on any atom is 0.247 e. The molecule has 3 aromatic rings. The van der Waals surface area contributed by atoms with Gasteiger partial charge < -0.3 is 14.2 Å². The van der Waals surface area contributed by atoms with Gasteiger partial charge in [-0.2, -0.15) is 0 Å². The van der Waals surface area contributed by atoms with Gasteiger partial charge in [0.25, 0.3) is 0 Å². The van der Waals surface area contributed by atoms with Gasteiger partial charge in [0.1, 0.15) is 5.76 Å². The van der Waals surface area contributed by atoms with Crippen molar-refractivity contribution >= 4 is 11.6 Å². The van der Waals surface area contributed by atoms with Crippen molar-refractivity contribution in [3.8, 4) is 11.5 Å². The zero-order chi connectivity index (χ0) is 13.8. The van der Waals surface area contributed by atoms with Gasteiger partial charge in [0.2, 0.25) is 11.8 Å². The molecule has 0 atom stereocenters. The van der Waals surface area contributed by atoms with Crippen LogP contribution in [0.5, 0.6) is 0 Å². The lowest BCUT2D eigenvalue weighted by Crippen LogP contribution is -2.12. The summed E-state index contributed by atoms with van der Waals surface area (Å²) in [5.74, 6) is 1.84. The monoisotopic (exact) mass is 289 g/mol. The lowest BCUT2D eigenvalue weighted by molar-refractivity contribution is 0.447. The minimum atomic E-state index is 0.460. The Labute approximate surface area is 120 Å². The highest BCUT2D eigenvalue weighted by atomic mass is 35.5. The first kappa shape index (κ1) is 12.9. The summed E-state index contributed by atoms with van der Waals surface area (Å²) < 4.78 is 10.8. The fraction of sp³-hybridized carbons (Fsp3) is 0.143.